The number of aromatic nitrogens is 5. The molecule has 0 saturated carbocycles. The van der Waals surface area contributed by atoms with Crippen LogP contribution < -0.4 is 5.56 Å². The molecule has 0 aliphatic carbocycles. The highest BCUT2D eigenvalue weighted by Gasteiger charge is 2.36. The Morgan fingerprint density at radius 3 is 2.96 bits per heavy atom. The summed E-state index contributed by atoms with van der Waals surface area (Å²) in [6, 6.07) is 3.13. The zero-order valence-corrected chi connectivity index (χ0v) is 12.4. The van der Waals surface area contributed by atoms with Crippen molar-refractivity contribution in [3.8, 4) is 11.5 Å². The van der Waals surface area contributed by atoms with Crippen molar-refractivity contribution in [3.63, 3.8) is 0 Å². The average Bonchev–Trinajstić information content (AvgIpc) is 3.04. The van der Waals surface area contributed by atoms with Crippen molar-refractivity contribution in [3.05, 3.63) is 58.7 Å². The van der Waals surface area contributed by atoms with Gasteiger partial charge in [-0.25, -0.2) is 4.98 Å². The van der Waals surface area contributed by atoms with Crippen LogP contribution in [0.5, 0.6) is 0 Å². The SMILES string of the molecule is O=C(c1ccc[nH]c1=O)N1CC(c2nc(-c3cnccn3)no2)C1. The van der Waals surface area contributed by atoms with Gasteiger partial charge >= 0.3 is 0 Å². The molecule has 1 saturated heterocycles. The molecule has 3 aromatic rings. The van der Waals surface area contributed by atoms with Crippen LogP contribution in [0.15, 0.2) is 46.2 Å². The van der Waals surface area contributed by atoms with Crippen molar-refractivity contribution in [2.24, 2.45) is 0 Å². The van der Waals surface area contributed by atoms with Gasteiger partial charge in [-0.3, -0.25) is 14.6 Å². The maximum Gasteiger partial charge on any atom is 0.260 e. The largest absolute Gasteiger partial charge is 0.338 e. The Balaban J connectivity index is 1.45. The number of likely N-dealkylation sites (tertiary alicyclic amines) is 1. The second-order valence-electron chi connectivity index (χ2n) is 5.37. The monoisotopic (exact) mass is 324 g/mol. The van der Waals surface area contributed by atoms with E-state index < -0.39 is 5.56 Å². The third kappa shape index (κ3) is 2.45. The van der Waals surface area contributed by atoms with Gasteiger partial charge in [-0.2, -0.15) is 4.98 Å². The molecule has 1 amide bonds. The fourth-order valence-corrected chi connectivity index (χ4v) is 2.48. The van der Waals surface area contributed by atoms with Crippen molar-refractivity contribution >= 4 is 5.91 Å². The molecule has 120 valence electrons. The molecule has 4 heterocycles. The summed E-state index contributed by atoms with van der Waals surface area (Å²) in [5.74, 6) is 0.459. The van der Waals surface area contributed by atoms with Gasteiger partial charge in [-0.05, 0) is 12.1 Å². The molecule has 0 atom stereocenters. The summed E-state index contributed by atoms with van der Waals surface area (Å²) in [7, 11) is 0. The van der Waals surface area contributed by atoms with Crippen molar-refractivity contribution in [2.45, 2.75) is 5.92 Å². The minimum atomic E-state index is -0.395. The molecule has 0 aromatic carbocycles. The first-order valence-electron chi connectivity index (χ1n) is 7.29. The standard InChI is InChI=1S/C15H12N6O3/c22-13-10(2-1-3-18-13)15(23)21-7-9(8-21)14-19-12(20-24-14)11-6-16-4-5-17-11/h1-6,9H,7-8H2,(H,18,22). The number of carbonyl (C=O) groups is 1. The van der Waals surface area contributed by atoms with Crippen LogP contribution in [0.3, 0.4) is 0 Å². The smallest absolute Gasteiger partial charge is 0.260 e. The van der Waals surface area contributed by atoms with Crippen LogP contribution in [0.2, 0.25) is 0 Å². The Kier molecular flexibility index (Phi) is 3.38. The number of pyridine rings is 1. The third-order valence-electron chi connectivity index (χ3n) is 3.80. The highest BCUT2D eigenvalue weighted by molar-refractivity contribution is 5.94. The molecule has 4 rings (SSSR count). The fraction of sp³-hybridized carbons (Fsp3) is 0.200. The summed E-state index contributed by atoms with van der Waals surface area (Å²) >= 11 is 0. The third-order valence-corrected chi connectivity index (χ3v) is 3.80. The Morgan fingerprint density at radius 1 is 1.33 bits per heavy atom. The number of hydrogen-bond donors (Lipinski definition) is 1. The Hall–Kier alpha value is -3.36. The summed E-state index contributed by atoms with van der Waals surface area (Å²) in [5.41, 5.74) is 0.256. The van der Waals surface area contributed by atoms with E-state index in [-0.39, 0.29) is 17.4 Å². The maximum absolute atomic E-state index is 12.3. The van der Waals surface area contributed by atoms with Crippen molar-refractivity contribution < 1.29 is 9.32 Å². The Morgan fingerprint density at radius 2 is 2.21 bits per heavy atom. The molecule has 24 heavy (non-hydrogen) atoms. The summed E-state index contributed by atoms with van der Waals surface area (Å²) in [6.07, 6.45) is 6.15. The fourth-order valence-electron chi connectivity index (χ4n) is 2.48. The zero-order chi connectivity index (χ0) is 16.5. The molecule has 0 unspecified atom stereocenters. The lowest BCUT2D eigenvalue weighted by molar-refractivity contribution is 0.0567. The number of nitrogens with one attached hydrogen (secondary N) is 1. The number of aromatic amines is 1. The minimum Gasteiger partial charge on any atom is -0.338 e. The van der Waals surface area contributed by atoms with Gasteiger partial charge in [0.15, 0.2) is 0 Å². The summed E-state index contributed by atoms with van der Waals surface area (Å²) < 4.78 is 5.25. The Bertz CT molecular complexity index is 929. The number of H-pyrrole nitrogens is 1. The van der Waals surface area contributed by atoms with E-state index in [0.717, 1.165) is 0 Å². The molecular formula is C15H12N6O3. The van der Waals surface area contributed by atoms with Crippen LogP contribution in [0.1, 0.15) is 22.2 Å². The van der Waals surface area contributed by atoms with Crippen LogP contribution in [-0.4, -0.2) is 49.0 Å². The number of hydrogen-bond acceptors (Lipinski definition) is 7. The van der Waals surface area contributed by atoms with Crippen molar-refractivity contribution in [2.75, 3.05) is 13.1 Å². The predicted molar refractivity (Wildman–Crippen MR) is 81.0 cm³/mol. The number of nitrogens with zero attached hydrogens (tertiary/aromatic N) is 5. The molecule has 0 bridgehead atoms. The molecule has 1 aliphatic rings. The molecule has 0 radical (unpaired) electrons. The minimum absolute atomic E-state index is 0.0466. The van der Waals surface area contributed by atoms with Gasteiger partial charge in [0.25, 0.3) is 11.5 Å². The number of carbonyl (C=O) groups excluding carboxylic acids is 1. The van der Waals surface area contributed by atoms with Gasteiger partial charge in [0.05, 0.1) is 12.1 Å². The Labute approximate surface area is 135 Å². The van der Waals surface area contributed by atoms with Crippen LogP contribution in [-0.2, 0) is 0 Å². The van der Waals surface area contributed by atoms with E-state index in [1.165, 1.54) is 12.3 Å². The maximum atomic E-state index is 12.3. The quantitative estimate of drug-likeness (QED) is 0.743. The lowest BCUT2D eigenvalue weighted by atomic mass is 9.99. The van der Waals surface area contributed by atoms with E-state index >= 15 is 0 Å². The van der Waals surface area contributed by atoms with E-state index in [1.54, 1.807) is 29.6 Å². The topological polar surface area (TPSA) is 118 Å². The van der Waals surface area contributed by atoms with Gasteiger partial charge in [0.1, 0.15) is 11.3 Å². The van der Waals surface area contributed by atoms with E-state index in [1.807, 2.05) is 0 Å². The summed E-state index contributed by atoms with van der Waals surface area (Å²) in [5, 5.41) is 3.88. The van der Waals surface area contributed by atoms with Gasteiger partial charge in [-0.1, -0.05) is 5.16 Å². The van der Waals surface area contributed by atoms with Gasteiger partial charge in [0, 0.05) is 31.7 Å². The van der Waals surface area contributed by atoms with Crippen molar-refractivity contribution in [1.82, 2.24) is 30.0 Å². The second-order valence-corrected chi connectivity index (χ2v) is 5.37. The van der Waals surface area contributed by atoms with Gasteiger partial charge in [-0.15, -0.1) is 0 Å². The molecule has 1 aliphatic heterocycles. The van der Waals surface area contributed by atoms with E-state index in [0.29, 0.717) is 30.5 Å². The first-order valence-corrected chi connectivity index (χ1v) is 7.29. The molecule has 1 N–H and O–H groups in total. The van der Waals surface area contributed by atoms with Gasteiger partial charge in [0.2, 0.25) is 11.7 Å². The van der Waals surface area contributed by atoms with Crippen LogP contribution in [0, 0.1) is 0 Å². The lowest BCUT2D eigenvalue weighted by Gasteiger charge is -2.36. The molecule has 9 heteroatoms. The van der Waals surface area contributed by atoms with Crippen LogP contribution in [0.25, 0.3) is 11.5 Å². The average molecular weight is 324 g/mol. The van der Waals surface area contributed by atoms with Crippen molar-refractivity contribution in [1.29, 1.82) is 0 Å². The van der Waals surface area contributed by atoms with Gasteiger partial charge < -0.3 is 14.4 Å². The van der Waals surface area contributed by atoms with E-state index in [4.69, 9.17) is 4.52 Å². The first kappa shape index (κ1) is 14.2. The molecule has 9 nitrogen and oxygen atoms in total. The summed E-state index contributed by atoms with van der Waals surface area (Å²) in [4.78, 5) is 40.4. The normalized spacial score (nSPS) is 14.4. The van der Waals surface area contributed by atoms with Crippen LogP contribution in [0.4, 0.5) is 0 Å². The van der Waals surface area contributed by atoms with Crippen LogP contribution >= 0.6 is 0 Å². The molecule has 0 spiro atoms. The highest BCUT2D eigenvalue weighted by Crippen LogP contribution is 2.27. The molecule has 1 fully saturated rings. The lowest BCUT2D eigenvalue weighted by Crippen LogP contribution is -2.49. The zero-order valence-electron chi connectivity index (χ0n) is 12.4. The summed E-state index contributed by atoms with van der Waals surface area (Å²) in [6.45, 7) is 0.852. The predicted octanol–water partition coefficient (Wildman–Crippen LogP) is 0.454. The second kappa shape index (κ2) is 5.69. The van der Waals surface area contributed by atoms with E-state index in [2.05, 4.69) is 25.1 Å². The molecule has 3 aromatic heterocycles. The highest BCUT2D eigenvalue weighted by atomic mass is 16.5. The number of rotatable bonds is 3. The first-order chi connectivity index (χ1) is 11.7. The van der Waals surface area contributed by atoms with E-state index in [9.17, 15) is 9.59 Å². The molecular weight excluding hydrogens is 312 g/mol. The number of amides is 1.